The first-order chi connectivity index (χ1) is 39.1. The fourth-order valence-electron chi connectivity index (χ4n) is 9.70. The Morgan fingerprint density at radius 1 is 0.463 bits per heavy atom. The summed E-state index contributed by atoms with van der Waals surface area (Å²) >= 11 is 0. The van der Waals surface area contributed by atoms with Crippen molar-refractivity contribution in [3.8, 4) is 0 Å². The Labute approximate surface area is 483 Å². The molecule has 9 N–H and O–H groups in total. The molecule has 0 bridgehead atoms. The van der Waals surface area contributed by atoms with Crippen LogP contribution in [-0.4, -0.2) is 140 Å². The van der Waals surface area contributed by atoms with Crippen molar-refractivity contribution in [2.75, 3.05) is 19.8 Å². The summed E-state index contributed by atoms with van der Waals surface area (Å²) < 4.78 is 22.8. The van der Waals surface area contributed by atoms with Crippen molar-refractivity contribution >= 4 is 5.91 Å². The molecule has 0 aromatic rings. The van der Waals surface area contributed by atoms with Crippen LogP contribution in [0.5, 0.6) is 0 Å². The molecular formula is C66H113NO13. The fourth-order valence-corrected chi connectivity index (χ4v) is 9.70. The van der Waals surface area contributed by atoms with Gasteiger partial charge in [-0.2, -0.15) is 0 Å². The molecule has 12 atom stereocenters. The van der Waals surface area contributed by atoms with Gasteiger partial charge in [0.25, 0.3) is 0 Å². The minimum Gasteiger partial charge on any atom is -0.394 e. The first kappa shape index (κ1) is 73.0. The normalized spacial score (nSPS) is 24.9. The van der Waals surface area contributed by atoms with Gasteiger partial charge in [-0.25, -0.2) is 0 Å². The molecule has 12 unspecified atom stereocenters. The second-order valence-corrected chi connectivity index (χ2v) is 21.8. The van der Waals surface area contributed by atoms with Crippen molar-refractivity contribution in [2.45, 2.75) is 293 Å². The highest BCUT2D eigenvalue weighted by Gasteiger charge is 2.51. The SMILES string of the molecule is CC/C=C\C/C=C\C/C=C\C/C=C\C/C=C\CCCCCCCCCCCCCCCCCC(=O)NC(COC1OC(CO)C(OC2OC(CO)C(O)C(O)C2O)C(O)C1O)C(O)/C=C/CC/C=C/CC/C=C/CCCCCCC. The number of ether oxygens (including phenoxy) is 4. The van der Waals surface area contributed by atoms with E-state index in [0.717, 1.165) is 77.0 Å². The Morgan fingerprint density at radius 3 is 1.38 bits per heavy atom. The number of carbonyl (C=O) groups excluding carboxylic acids is 1. The maximum atomic E-state index is 13.3. The summed E-state index contributed by atoms with van der Waals surface area (Å²) in [5, 5.41) is 87.1. The Balaban J connectivity index is 1.69. The third-order valence-electron chi connectivity index (χ3n) is 14.7. The van der Waals surface area contributed by atoms with E-state index in [-0.39, 0.29) is 18.9 Å². The van der Waals surface area contributed by atoms with Crippen LogP contribution in [0, 0.1) is 0 Å². The molecule has 14 heteroatoms. The van der Waals surface area contributed by atoms with Crippen molar-refractivity contribution in [3.05, 3.63) is 97.2 Å². The van der Waals surface area contributed by atoms with Gasteiger partial charge < -0.3 is 65.1 Å². The highest BCUT2D eigenvalue weighted by molar-refractivity contribution is 5.76. The lowest BCUT2D eigenvalue weighted by Crippen LogP contribution is -2.65. The largest absolute Gasteiger partial charge is 0.394 e. The topological polar surface area (TPSA) is 228 Å². The summed E-state index contributed by atoms with van der Waals surface area (Å²) in [4.78, 5) is 13.3. The van der Waals surface area contributed by atoms with E-state index >= 15 is 0 Å². The van der Waals surface area contributed by atoms with Gasteiger partial charge in [0.05, 0.1) is 32.0 Å². The number of hydrogen-bond acceptors (Lipinski definition) is 13. The summed E-state index contributed by atoms with van der Waals surface area (Å²) in [7, 11) is 0. The van der Waals surface area contributed by atoms with Crippen LogP contribution in [0.25, 0.3) is 0 Å². The number of nitrogens with one attached hydrogen (secondary N) is 1. The van der Waals surface area contributed by atoms with Crippen LogP contribution >= 0.6 is 0 Å². The average molecular weight is 1130 g/mol. The number of carbonyl (C=O) groups is 1. The number of aliphatic hydroxyl groups is 8. The molecule has 14 nitrogen and oxygen atoms in total. The van der Waals surface area contributed by atoms with Gasteiger partial charge in [0.15, 0.2) is 12.6 Å². The van der Waals surface area contributed by atoms with Gasteiger partial charge >= 0.3 is 0 Å². The molecule has 0 saturated carbocycles. The van der Waals surface area contributed by atoms with Gasteiger partial charge in [0, 0.05) is 6.42 Å². The number of unbranched alkanes of at least 4 members (excludes halogenated alkanes) is 22. The van der Waals surface area contributed by atoms with Crippen LogP contribution in [0.3, 0.4) is 0 Å². The minimum atomic E-state index is -1.80. The molecule has 2 saturated heterocycles. The number of hydrogen-bond donors (Lipinski definition) is 9. The van der Waals surface area contributed by atoms with Crippen molar-refractivity contribution in [3.63, 3.8) is 0 Å². The first-order valence-corrected chi connectivity index (χ1v) is 31.5. The first-order valence-electron chi connectivity index (χ1n) is 31.5. The Hall–Kier alpha value is -3.09. The molecule has 1 amide bonds. The average Bonchev–Trinajstić information content (AvgIpc) is 3.46. The molecule has 460 valence electrons. The molecule has 0 radical (unpaired) electrons. The molecule has 80 heavy (non-hydrogen) atoms. The Morgan fingerprint density at radius 2 is 0.875 bits per heavy atom. The van der Waals surface area contributed by atoms with E-state index in [1.54, 1.807) is 6.08 Å². The van der Waals surface area contributed by atoms with Gasteiger partial charge in [-0.05, 0) is 89.9 Å². The molecule has 2 aliphatic rings. The Bertz CT molecular complexity index is 1710. The predicted molar refractivity (Wildman–Crippen MR) is 323 cm³/mol. The number of amides is 1. The van der Waals surface area contributed by atoms with Gasteiger partial charge in [-0.15, -0.1) is 0 Å². The predicted octanol–water partition coefficient (Wildman–Crippen LogP) is 11.4. The molecule has 0 aliphatic carbocycles. The van der Waals surface area contributed by atoms with E-state index in [0.29, 0.717) is 12.8 Å². The standard InChI is InChI=1S/C66H113NO13/c1-3-5-7-9-11-13-15-17-19-20-21-22-23-24-25-26-27-28-29-30-31-32-33-34-36-38-40-42-44-46-48-50-58(71)67-54(55(70)49-47-45-43-41-39-37-35-18-16-14-12-10-8-6-4-2)53-77-65-63(76)61(74)64(57(52-69)79-65)80-66-62(75)60(73)59(72)56(51-68)78-66/h5,7,11,13,16-19,21-22,24-25,39,41,47,49,54-57,59-66,68-70,72-76H,3-4,6,8-10,12,14-15,20,23,26-38,40,42-46,48,50-53H2,1-2H3,(H,67,71)/b7-5-,13-11-,18-16+,19-17-,22-21-,25-24-,41-39+,49-47+. The van der Waals surface area contributed by atoms with E-state index in [9.17, 15) is 45.6 Å². The second kappa shape index (κ2) is 50.4. The van der Waals surface area contributed by atoms with Crippen LogP contribution in [0.15, 0.2) is 97.2 Å². The molecular weight excluding hydrogens is 1010 g/mol. The van der Waals surface area contributed by atoms with E-state index in [2.05, 4.69) is 104 Å². The van der Waals surface area contributed by atoms with Gasteiger partial charge in [0.1, 0.15) is 48.8 Å². The molecule has 2 fully saturated rings. The summed E-state index contributed by atoms with van der Waals surface area (Å²) in [6, 6.07) is -0.943. The highest BCUT2D eigenvalue weighted by Crippen LogP contribution is 2.30. The second-order valence-electron chi connectivity index (χ2n) is 21.8. The van der Waals surface area contributed by atoms with E-state index in [1.165, 1.54) is 109 Å². The van der Waals surface area contributed by atoms with Crippen molar-refractivity contribution in [1.29, 1.82) is 0 Å². The Kier molecular flexibility index (Phi) is 46.0. The third kappa shape index (κ3) is 35.1. The number of aliphatic hydroxyl groups excluding tert-OH is 8. The maximum absolute atomic E-state index is 13.3. The van der Waals surface area contributed by atoms with Crippen LogP contribution in [0.1, 0.15) is 219 Å². The van der Waals surface area contributed by atoms with Crippen LogP contribution < -0.4 is 5.32 Å². The maximum Gasteiger partial charge on any atom is 0.220 e. The lowest BCUT2D eigenvalue weighted by atomic mass is 9.97. The summed E-state index contributed by atoms with van der Waals surface area (Å²) in [5.41, 5.74) is 0. The monoisotopic (exact) mass is 1130 g/mol. The number of rotatable bonds is 49. The molecule has 2 heterocycles. The molecule has 2 aliphatic heterocycles. The van der Waals surface area contributed by atoms with Gasteiger partial charge in [-0.3, -0.25) is 4.79 Å². The van der Waals surface area contributed by atoms with Gasteiger partial charge in [0.2, 0.25) is 5.91 Å². The lowest BCUT2D eigenvalue weighted by molar-refractivity contribution is -0.359. The van der Waals surface area contributed by atoms with Crippen molar-refractivity contribution < 1.29 is 64.6 Å². The van der Waals surface area contributed by atoms with Crippen LogP contribution in [0.2, 0.25) is 0 Å². The zero-order chi connectivity index (χ0) is 58.1. The zero-order valence-corrected chi connectivity index (χ0v) is 49.5. The summed E-state index contributed by atoms with van der Waals surface area (Å²) in [6.07, 6.45) is 53.1. The lowest BCUT2D eigenvalue weighted by Gasteiger charge is -2.46. The molecule has 0 aromatic carbocycles. The van der Waals surface area contributed by atoms with E-state index in [1.807, 2.05) is 6.08 Å². The molecule has 0 spiro atoms. The smallest absolute Gasteiger partial charge is 0.220 e. The zero-order valence-electron chi connectivity index (χ0n) is 49.5. The fraction of sp³-hybridized carbons (Fsp3) is 0.742. The minimum absolute atomic E-state index is 0.257. The molecule has 0 aromatic heterocycles. The van der Waals surface area contributed by atoms with Crippen molar-refractivity contribution in [1.82, 2.24) is 5.32 Å². The quantitative estimate of drug-likeness (QED) is 0.0204. The van der Waals surface area contributed by atoms with Crippen molar-refractivity contribution in [2.24, 2.45) is 0 Å². The van der Waals surface area contributed by atoms with Crippen LogP contribution in [0.4, 0.5) is 0 Å². The van der Waals surface area contributed by atoms with Gasteiger partial charge in [-0.1, -0.05) is 220 Å². The number of allylic oxidation sites excluding steroid dienone is 15. The summed E-state index contributed by atoms with van der Waals surface area (Å²) in [5.74, 6) is -0.257. The highest BCUT2D eigenvalue weighted by atomic mass is 16.7. The van der Waals surface area contributed by atoms with E-state index < -0.39 is 86.8 Å². The summed E-state index contributed by atoms with van der Waals surface area (Å²) in [6.45, 7) is 2.63. The van der Waals surface area contributed by atoms with E-state index in [4.69, 9.17) is 18.9 Å². The van der Waals surface area contributed by atoms with Crippen LogP contribution in [-0.2, 0) is 23.7 Å². The molecule has 2 rings (SSSR count). The third-order valence-corrected chi connectivity index (χ3v) is 14.7.